The van der Waals surface area contributed by atoms with Crippen LogP contribution >= 0.6 is 11.6 Å². The number of rotatable bonds is 7. The molecule has 1 heterocycles. The fraction of sp³-hybridized carbons (Fsp3) is 0.615. The van der Waals surface area contributed by atoms with Gasteiger partial charge in [-0.2, -0.15) is 0 Å². The zero-order valence-electron chi connectivity index (χ0n) is 11.2. The quantitative estimate of drug-likeness (QED) is 0.828. The average molecular weight is 273 g/mol. The molecule has 0 fully saturated rings. The van der Waals surface area contributed by atoms with E-state index in [9.17, 15) is 5.11 Å². The van der Waals surface area contributed by atoms with E-state index in [-0.39, 0.29) is 6.61 Å². The second-order valence-corrected chi connectivity index (χ2v) is 4.64. The zero-order valence-corrected chi connectivity index (χ0v) is 11.9. The van der Waals surface area contributed by atoms with Crippen molar-refractivity contribution >= 4 is 17.4 Å². The molecule has 1 atom stereocenters. The van der Waals surface area contributed by atoms with Crippen molar-refractivity contribution in [1.29, 1.82) is 0 Å². The monoisotopic (exact) mass is 272 g/mol. The summed E-state index contributed by atoms with van der Waals surface area (Å²) in [4.78, 5) is 6.50. The largest absolute Gasteiger partial charge is 0.392 e. The minimum absolute atomic E-state index is 0.0764. The first-order valence-electron chi connectivity index (χ1n) is 6.14. The van der Waals surface area contributed by atoms with E-state index in [4.69, 9.17) is 16.3 Å². The molecule has 1 unspecified atom stereocenters. The van der Waals surface area contributed by atoms with Crippen molar-refractivity contribution in [3.05, 3.63) is 22.8 Å². The van der Waals surface area contributed by atoms with Gasteiger partial charge >= 0.3 is 0 Å². The number of ether oxygens (including phenoxy) is 1. The average Bonchev–Trinajstić information content (AvgIpc) is 2.40. The lowest BCUT2D eigenvalue weighted by Gasteiger charge is -2.29. The van der Waals surface area contributed by atoms with E-state index in [1.165, 1.54) is 0 Å². The van der Waals surface area contributed by atoms with Gasteiger partial charge < -0.3 is 14.7 Å². The maximum Gasteiger partial charge on any atom is 0.129 e. The van der Waals surface area contributed by atoms with Crippen molar-refractivity contribution in [2.75, 3.05) is 25.2 Å². The summed E-state index contributed by atoms with van der Waals surface area (Å²) in [5, 5.41) is 9.74. The van der Waals surface area contributed by atoms with E-state index in [1.807, 2.05) is 6.07 Å². The molecule has 0 saturated heterocycles. The number of aromatic nitrogens is 1. The molecular weight excluding hydrogens is 252 g/mol. The Balaban J connectivity index is 2.96. The molecule has 0 aliphatic carbocycles. The molecule has 102 valence electrons. The van der Waals surface area contributed by atoms with Crippen LogP contribution in [0.15, 0.2) is 12.3 Å². The molecule has 0 aliphatic rings. The maximum atomic E-state index is 9.24. The van der Waals surface area contributed by atoms with Crippen LogP contribution in [0.2, 0.25) is 5.02 Å². The number of methoxy groups -OCH3 is 1. The van der Waals surface area contributed by atoms with E-state index < -0.39 is 0 Å². The molecule has 18 heavy (non-hydrogen) atoms. The highest BCUT2D eigenvalue weighted by molar-refractivity contribution is 6.31. The summed E-state index contributed by atoms with van der Waals surface area (Å²) >= 11 is 5.95. The van der Waals surface area contributed by atoms with Crippen molar-refractivity contribution in [2.24, 2.45) is 0 Å². The minimum Gasteiger partial charge on any atom is -0.392 e. The van der Waals surface area contributed by atoms with Crippen molar-refractivity contribution in [3.8, 4) is 0 Å². The van der Waals surface area contributed by atoms with Gasteiger partial charge in [-0.3, -0.25) is 0 Å². The number of anilines is 1. The third-order valence-electron chi connectivity index (χ3n) is 3.04. The molecule has 0 spiro atoms. The molecule has 0 radical (unpaired) electrons. The number of halogens is 1. The smallest absolute Gasteiger partial charge is 0.129 e. The Labute approximate surface area is 114 Å². The van der Waals surface area contributed by atoms with Crippen molar-refractivity contribution < 1.29 is 9.84 Å². The third kappa shape index (κ3) is 3.83. The summed E-state index contributed by atoms with van der Waals surface area (Å²) in [6, 6.07) is 2.20. The molecule has 0 aromatic carbocycles. The van der Waals surface area contributed by atoms with Crippen LogP contribution in [0.5, 0.6) is 0 Å². The lowest BCUT2D eigenvalue weighted by atomic mass is 10.2. The van der Waals surface area contributed by atoms with E-state index in [0.29, 0.717) is 23.2 Å². The summed E-state index contributed by atoms with van der Waals surface area (Å²) < 4.78 is 5.12. The summed E-state index contributed by atoms with van der Waals surface area (Å²) in [5.41, 5.74) is 0.701. The first-order chi connectivity index (χ1) is 8.63. The van der Waals surface area contributed by atoms with Gasteiger partial charge in [0.05, 0.1) is 18.2 Å². The molecule has 4 nitrogen and oxygen atoms in total. The van der Waals surface area contributed by atoms with Crippen LogP contribution in [0.4, 0.5) is 5.82 Å². The fourth-order valence-corrected chi connectivity index (χ4v) is 1.88. The molecule has 0 aliphatic heterocycles. The van der Waals surface area contributed by atoms with Crippen LogP contribution in [-0.2, 0) is 11.3 Å². The number of aliphatic hydroxyl groups excluding tert-OH is 1. The molecule has 1 N–H and O–H groups in total. The standard InChI is InChI=1S/C13H21ClN2O2/c1-4-10(2)16(5-6-18-3)13-7-11(9-17)12(14)8-15-13/h7-8,10,17H,4-6,9H2,1-3H3. The van der Waals surface area contributed by atoms with Crippen LogP contribution in [0.1, 0.15) is 25.8 Å². The zero-order chi connectivity index (χ0) is 13.5. The molecule has 0 amide bonds. The number of nitrogens with zero attached hydrogens (tertiary/aromatic N) is 2. The Bertz CT molecular complexity index is 374. The topological polar surface area (TPSA) is 45.6 Å². The summed E-state index contributed by atoms with van der Waals surface area (Å²) in [6.07, 6.45) is 2.60. The van der Waals surface area contributed by atoms with Gasteiger partial charge in [0.1, 0.15) is 5.82 Å². The summed E-state index contributed by atoms with van der Waals surface area (Å²) in [5.74, 6) is 0.829. The van der Waals surface area contributed by atoms with E-state index in [2.05, 4.69) is 23.7 Å². The van der Waals surface area contributed by atoms with E-state index in [1.54, 1.807) is 13.3 Å². The highest BCUT2D eigenvalue weighted by Gasteiger charge is 2.15. The molecule has 1 rings (SSSR count). The highest BCUT2D eigenvalue weighted by atomic mass is 35.5. The first kappa shape index (κ1) is 15.2. The molecule has 0 saturated carbocycles. The lowest BCUT2D eigenvalue weighted by Crippen LogP contribution is -2.36. The number of hydrogen-bond donors (Lipinski definition) is 1. The third-order valence-corrected chi connectivity index (χ3v) is 3.38. The summed E-state index contributed by atoms with van der Waals surface area (Å²) in [7, 11) is 1.68. The van der Waals surface area contributed by atoms with Gasteiger partial charge in [0.25, 0.3) is 0 Å². The number of hydrogen-bond acceptors (Lipinski definition) is 4. The molecule has 1 aromatic rings. The Morgan fingerprint density at radius 2 is 2.28 bits per heavy atom. The van der Waals surface area contributed by atoms with Crippen molar-refractivity contribution in [3.63, 3.8) is 0 Å². The van der Waals surface area contributed by atoms with Gasteiger partial charge in [-0.15, -0.1) is 0 Å². The van der Waals surface area contributed by atoms with E-state index >= 15 is 0 Å². The Hall–Kier alpha value is -0.840. The molecule has 1 aromatic heterocycles. The number of pyridine rings is 1. The highest BCUT2D eigenvalue weighted by Crippen LogP contribution is 2.22. The normalized spacial score (nSPS) is 12.5. The van der Waals surface area contributed by atoms with Crippen LogP contribution in [-0.4, -0.2) is 36.4 Å². The maximum absolute atomic E-state index is 9.24. The predicted molar refractivity (Wildman–Crippen MR) is 74.1 cm³/mol. The van der Waals surface area contributed by atoms with Crippen LogP contribution in [0, 0.1) is 0 Å². The number of aliphatic hydroxyl groups is 1. The van der Waals surface area contributed by atoms with Crippen LogP contribution in [0.3, 0.4) is 0 Å². The SMILES string of the molecule is CCC(C)N(CCOC)c1cc(CO)c(Cl)cn1. The predicted octanol–water partition coefficient (Wildman–Crippen LogP) is 2.48. The van der Waals surface area contributed by atoms with Crippen LogP contribution < -0.4 is 4.90 Å². The van der Waals surface area contributed by atoms with E-state index in [0.717, 1.165) is 18.8 Å². The Kier molecular flexibility index (Phi) is 6.39. The minimum atomic E-state index is -0.0764. The van der Waals surface area contributed by atoms with Gasteiger partial charge in [-0.25, -0.2) is 4.98 Å². The van der Waals surface area contributed by atoms with Gasteiger partial charge in [0.2, 0.25) is 0 Å². The Morgan fingerprint density at radius 3 is 2.83 bits per heavy atom. The Morgan fingerprint density at radius 1 is 1.56 bits per heavy atom. The van der Waals surface area contributed by atoms with Gasteiger partial charge in [-0.1, -0.05) is 18.5 Å². The summed E-state index contributed by atoms with van der Waals surface area (Å²) in [6.45, 7) is 5.61. The molecule has 0 bridgehead atoms. The molecule has 5 heteroatoms. The van der Waals surface area contributed by atoms with Crippen molar-refractivity contribution in [2.45, 2.75) is 32.9 Å². The second-order valence-electron chi connectivity index (χ2n) is 4.24. The van der Waals surface area contributed by atoms with Gasteiger partial charge in [0, 0.05) is 31.5 Å². The lowest BCUT2D eigenvalue weighted by molar-refractivity contribution is 0.203. The van der Waals surface area contributed by atoms with Crippen molar-refractivity contribution in [1.82, 2.24) is 4.98 Å². The van der Waals surface area contributed by atoms with Crippen LogP contribution in [0.25, 0.3) is 0 Å². The van der Waals surface area contributed by atoms with Gasteiger partial charge in [0.15, 0.2) is 0 Å². The molecular formula is C13H21ClN2O2. The second kappa shape index (κ2) is 7.56. The van der Waals surface area contributed by atoms with Gasteiger partial charge in [-0.05, 0) is 19.4 Å². The first-order valence-corrected chi connectivity index (χ1v) is 6.52. The fourth-order valence-electron chi connectivity index (χ4n) is 1.72.